The van der Waals surface area contributed by atoms with E-state index in [-0.39, 0.29) is 30.8 Å². The van der Waals surface area contributed by atoms with E-state index in [1.165, 1.54) is 0 Å². The minimum Gasteiger partial charge on any atom is -0.383 e. The summed E-state index contributed by atoms with van der Waals surface area (Å²) in [4.78, 5) is 21.6. The lowest BCUT2D eigenvalue weighted by Gasteiger charge is -2.12. The molecule has 1 atom stereocenters. The van der Waals surface area contributed by atoms with E-state index >= 15 is 0 Å². The maximum Gasteiger partial charge on any atom is 0.234 e. The number of amides is 2. The van der Waals surface area contributed by atoms with E-state index in [1.54, 1.807) is 7.11 Å². The summed E-state index contributed by atoms with van der Waals surface area (Å²) in [6.45, 7) is 2.93. The van der Waals surface area contributed by atoms with Crippen LogP contribution < -0.4 is 16.4 Å². The molecule has 88 valence electrons. The summed E-state index contributed by atoms with van der Waals surface area (Å²) >= 11 is 0. The Morgan fingerprint density at radius 3 is 2.67 bits per heavy atom. The third-order valence-corrected chi connectivity index (χ3v) is 1.66. The molecule has 1 unspecified atom stereocenters. The molecule has 0 heterocycles. The minimum absolute atomic E-state index is 0.0135. The number of ether oxygens (including phenoxy) is 1. The zero-order valence-corrected chi connectivity index (χ0v) is 9.21. The lowest BCUT2D eigenvalue weighted by atomic mass is 10.3. The van der Waals surface area contributed by atoms with Crippen LogP contribution in [0.5, 0.6) is 0 Å². The molecule has 0 aliphatic rings. The molecule has 0 fully saturated rings. The van der Waals surface area contributed by atoms with Gasteiger partial charge < -0.3 is 21.1 Å². The average molecular weight is 217 g/mol. The number of nitrogens with two attached hydrogens (primary N) is 1. The first-order valence-electron chi connectivity index (χ1n) is 4.83. The Kier molecular flexibility index (Phi) is 7.57. The first-order valence-corrected chi connectivity index (χ1v) is 4.83. The second-order valence-corrected chi connectivity index (χ2v) is 3.32. The van der Waals surface area contributed by atoms with Gasteiger partial charge in [-0.15, -0.1) is 0 Å². The average Bonchev–Trinajstić information content (AvgIpc) is 2.12. The van der Waals surface area contributed by atoms with Gasteiger partial charge in [-0.25, -0.2) is 0 Å². The molecular formula is C9H19N3O3. The molecule has 0 aliphatic carbocycles. The van der Waals surface area contributed by atoms with Crippen molar-refractivity contribution >= 4 is 11.8 Å². The van der Waals surface area contributed by atoms with E-state index in [9.17, 15) is 9.59 Å². The lowest BCUT2D eigenvalue weighted by Crippen LogP contribution is -2.41. The van der Waals surface area contributed by atoms with Gasteiger partial charge in [0.25, 0.3) is 0 Å². The Bertz CT molecular complexity index is 209. The van der Waals surface area contributed by atoms with Crippen LogP contribution in [0.1, 0.15) is 13.3 Å². The second kappa shape index (κ2) is 8.19. The fourth-order valence-corrected chi connectivity index (χ4v) is 1.03. The van der Waals surface area contributed by atoms with Gasteiger partial charge in [-0.3, -0.25) is 9.59 Å². The quantitative estimate of drug-likeness (QED) is 0.436. The van der Waals surface area contributed by atoms with E-state index < -0.39 is 0 Å². The summed E-state index contributed by atoms with van der Waals surface area (Å²) in [7, 11) is 1.58. The SMILES string of the molecule is COCC(C)NC(=O)CNCCC(N)=O. The van der Waals surface area contributed by atoms with Gasteiger partial charge in [0.05, 0.1) is 13.2 Å². The van der Waals surface area contributed by atoms with Crippen LogP contribution in [0, 0.1) is 0 Å². The van der Waals surface area contributed by atoms with Gasteiger partial charge in [-0.05, 0) is 6.92 Å². The second-order valence-electron chi connectivity index (χ2n) is 3.32. The number of primary amides is 1. The first kappa shape index (κ1) is 13.9. The molecule has 0 radical (unpaired) electrons. The molecule has 2 amide bonds. The molecule has 0 spiro atoms. The van der Waals surface area contributed by atoms with Crippen LogP contribution in [-0.2, 0) is 14.3 Å². The molecule has 0 aromatic heterocycles. The largest absolute Gasteiger partial charge is 0.383 e. The molecule has 0 aliphatic heterocycles. The number of carbonyl (C=O) groups is 2. The van der Waals surface area contributed by atoms with Crippen LogP contribution in [0.25, 0.3) is 0 Å². The lowest BCUT2D eigenvalue weighted by molar-refractivity contribution is -0.121. The maximum absolute atomic E-state index is 11.2. The molecule has 0 aromatic rings. The van der Waals surface area contributed by atoms with Gasteiger partial charge in [0.2, 0.25) is 11.8 Å². The third kappa shape index (κ3) is 9.17. The zero-order chi connectivity index (χ0) is 11.7. The zero-order valence-electron chi connectivity index (χ0n) is 9.21. The summed E-state index contributed by atoms with van der Waals surface area (Å²) in [5, 5.41) is 5.54. The van der Waals surface area contributed by atoms with E-state index in [4.69, 9.17) is 10.5 Å². The predicted molar refractivity (Wildman–Crippen MR) is 56.2 cm³/mol. The Morgan fingerprint density at radius 1 is 1.47 bits per heavy atom. The Labute approximate surface area is 89.5 Å². The van der Waals surface area contributed by atoms with Crippen molar-refractivity contribution in [1.29, 1.82) is 0 Å². The summed E-state index contributed by atoms with van der Waals surface area (Å²) in [5.41, 5.74) is 4.93. The minimum atomic E-state index is -0.379. The van der Waals surface area contributed by atoms with Gasteiger partial charge >= 0.3 is 0 Å². The highest BCUT2D eigenvalue weighted by Crippen LogP contribution is 1.81. The Morgan fingerprint density at radius 2 is 2.13 bits per heavy atom. The van der Waals surface area contributed by atoms with Crippen molar-refractivity contribution in [3.05, 3.63) is 0 Å². The first-order chi connectivity index (χ1) is 7.06. The summed E-state index contributed by atoms with van der Waals surface area (Å²) in [5.74, 6) is -0.500. The standard InChI is InChI=1S/C9H19N3O3/c1-7(6-15-2)12-9(14)5-11-4-3-8(10)13/h7,11H,3-6H2,1-2H3,(H2,10,13)(H,12,14). The molecule has 0 bridgehead atoms. The fourth-order valence-electron chi connectivity index (χ4n) is 1.03. The van der Waals surface area contributed by atoms with Crippen molar-refractivity contribution in [2.24, 2.45) is 5.73 Å². The van der Waals surface area contributed by atoms with Crippen LogP contribution in [0.15, 0.2) is 0 Å². The molecule has 6 nitrogen and oxygen atoms in total. The van der Waals surface area contributed by atoms with Crippen molar-refractivity contribution in [3.8, 4) is 0 Å². The number of rotatable bonds is 8. The molecule has 0 rings (SSSR count). The normalized spacial score (nSPS) is 12.1. The third-order valence-electron chi connectivity index (χ3n) is 1.66. The van der Waals surface area contributed by atoms with Crippen LogP contribution in [0.3, 0.4) is 0 Å². The summed E-state index contributed by atoms with van der Waals surface area (Å²) < 4.78 is 4.87. The highest BCUT2D eigenvalue weighted by atomic mass is 16.5. The van der Waals surface area contributed by atoms with Gasteiger partial charge in [0.15, 0.2) is 0 Å². The van der Waals surface area contributed by atoms with Crippen LogP contribution in [0.4, 0.5) is 0 Å². The van der Waals surface area contributed by atoms with E-state index in [1.807, 2.05) is 6.92 Å². The number of carbonyl (C=O) groups excluding carboxylic acids is 2. The van der Waals surface area contributed by atoms with Crippen LogP contribution in [0.2, 0.25) is 0 Å². The highest BCUT2D eigenvalue weighted by molar-refractivity contribution is 5.78. The Hall–Kier alpha value is -1.14. The maximum atomic E-state index is 11.2. The van der Waals surface area contributed by atoms with Gasteiger partial charge in [0, 0.05) is 26.1 Å². The van der Waals surface area contributed by atoms with Crippen molar-refractivity contribution in [2.45, 2.75) is 19.4 Å². The van der Waals surface area contributed by atoms with Crippen molar-refractivity contribution < 1.29 is 14.3 Å². The molecule has 15 heavy (non-hydrogen) atoms. The van der Waals surface area contributed by atoms with E-state index in [2.05, 4.69) is 10.6 Å². The van der Waals surface area contributed by atoms with Crippen LogP contribution >= 0.6 is 0 Å². The van der Waals surface area contributed by atoms with Crippen LogP contribution in [-0.4, -0.2) is 44.7 Å². The predicted octanol–water partition coefficient (Wildman–Crippen LogP) is -1.40. The number of nitrogens with one attached hydrogen (secondary N) is 2. The summed E-state index contributed by atoms with van der Waals surface area (Å²) in [6, 6.07) is -0.0135. The van der Waals surface area contributed by atoms with Gasteiger partial charge in [0.1, 0.15) is 0 Å². The monoisotopic (exact) mass is 217 g/mol. The van der Waals surface area contributed by atoms with Gasteiger partial charge in [-0.2, -0.15) is 0 Å². The molecular weight excluding hydrogens is 198 g/mol. The van der Waals surface area contributed by atoms with Gasteiger partial charge in [-0.1, -0.05) is 0 Å². The number of hydrogen-bond donors (Lipinski definition) is 3. The molecule has 0 aromatic carbocycles. The van der Waals surface area contributed by atoms with E-state index in [0.29, 0.717) is 13.2 Å². The Balaban J connectivity index is 3.44. The van der Waals surface area contributed by atoms with E-state index in [0.717, 1.165) is 0 Å². The molecule has 0 saturated heterocycles. The molecule has 0 saturated carbocycles. The smallest absolute Gasteiger partial charge is 0.234 e. The van der Waals surface area contributed by atoms with Crippen molar-refractivity contribution in [2.75, 3.05) is 26.8 Å². The topological polar surface area (TPSA) is 93.4 Å². The molecule has 4 N–H and O–H groups in total. The van der Waals surface area contributed by atoms with Crippen molar-refractivity contribution in [1.82, 2.24) is 10.6 Å². The highest BCUT2D eigenvalue weighted by Gasteiger charge is 2.05. The number of methoxy groups -OCH3 is 1. The van der Waals surface area contributed by atoms with Crippen molar-refractivity contribution in [3.63, 3.8) is 0 Å². The number of hydrogen-bond acceptors (Lipinski definition) is 4. The fraction of sp³-hybridized carbons (Fsp3) is 0.778. The summed E-state index contributed by atoms with van der Waals surface area (Å²) in [6.07, 6.45) is 0.237. The molecule has 6 heteroatoms.